The minimum Gasteiger partial charge on any atom is -0.495 e. The standard InChI is InChI=1S/C15H23NO2/c1-18-14-9-5-4-8-13(14)16-12-15(17)10-6-2-3-7-11-15/h4-5,8-9,16-17H,2-3,6-7,10-12H2,1H3. The van der Waals surface area contributed by atoms with Gasteiger partial charge < -0.3 is 15.2 Å². The summed E-state index contributed by atoms with van der Waals surface area (Å²) in [4.78, 5) is 0. The first-order valence-corrected chi connectivity index (χ1v) is 6.83. The van der Waals surface area contributed by atoms with Gasteiger partial charge in [-0.3, -0.25) is 0 Å². The van der Waals surface area contributed by atoms with Gasteiger partial charge in [0.25, 0.3) is 0 Å². The Balaban J connectivity index is 1.97. The first kappa shape index (κ1) is 13.2. The molecule has 1 fully saturated rings. The Bertz CT molecular complexity index is 371. The molecule has 0 aliphatic heterocycles. The Morgan fingerprint density at radius 3 is 2.50 bits per heavy atom. The van der Waals surface area contributed by atoms with Gasteiger partial charge in [-0.1, -0.05) is 37.8 Å². The topological polar surface area (TPSA) is 41.5 Å². The van der Waals surface area contributed by atoms with Gasteiger partial charge >= 0.3 is 0 Å². The van der Waals surface area contributed by atoms with Crippen LogP contribution in [0.1, 0.15) is 38.5 Å². The van der Waals surface area contributed by atoms with Crippen LogP contribution in [0, 0.1) is 0 Å². The highest BCUT2D eigenvalue weighted by atomic mass is 16.5. The van der Waals surface area contributed by atoms with E-state index in [0.717, 1.165) is 37.1 Å². The van der Waals surface area contributed by atoms with Crippen LogP contribution in [0.25, 0.3) is 0 Å². The molecule has 1 saturated carbocycles. The average Bonchev–Trinajstić information content (AvgIpc) is 2.62. The second-order valence-corrected chi connectivity index (χ2v) is 5.19. The van der Waals surface area contributed by atoms with E-state index in [1.54, 1.807) is 7.11 Å². The van der Waals surface area contributed by atoms with Gasteiger partial charge in [0.05, 0.1) is 18.4 Å². The van der Waals surface area contributed by atoms with Crippen LogP contribution in [0.4, 0.5) is 5.69 Å². The molecule has 0 radical (unpaired) electrons. The van der Waals surface area contributed by atoms with E-state index in [4.69, 9.17) is 4.74 Å². The normalized spacial score (nSPS) is 19.0. The zero-order chi connectivity index (χ0) is 12.8. The number of nitrogens with one attached hydrogen (secondary N) is 1. The second-order valence-electron chi connectivity index (χ2n) is 5.19. The Morgan fingerprint density at radius 1 is 1.17 bits per heavy atom. The molecule has 2 N–H and O–H groups in total. The molecule has 0 amide bonds. The van der Waals surface area contributed by atoms with Crippen molar-refractivity contribution in [1.82, 2.24) is 0 Å². The van der Waals surface area contributed by atoms with Crippen molar-refractivity contribution in [2.75, 3.05) is 19.0 Å². The zero-order valence-electron chi connectivity index (χ0n) is 11.1. The van der Waals surface area contributed by atoms with Crippen molar-refractivity contribution < 1.29 is 9.84 Å². The maximum atomic E-state index is 10.6. The van der Waals surface area contributed by atoms with Crippen LogP contribution in [0.3, 0.4) is 0 Å². The summed E-state index contributed by atoms with van der Waals surface area (Å²) in [5.74, 6) is 0.828. The van der Waals surface area contributed by atoms with Crippen molar-refractivity contribution in [3.05, 3.63) is 24.3 Å². The number of rotatable bonds is 4. The Labute approximate surface area is 109 Å². The highest BCUT2D eigenvalue weighted by Gasteiger charge is 2.27. The van der Waals surface area contributed by atoms with E-state index in [-0.39, 0.29) is 0 Å². The van der Waals surface area contributed by atoms with Crippen molar-refractivity contribution in [2.45, 2.75) is 44.1 Å². The number of hydrogen-bond acceptors (Lipinski definition) is 3. The lowest BCUT2D eigenvalue weighted by molar-refractivity contribution is 0.0381. The number of hydrogen-bond donors (Lipinski definition) is 2. The molecule has 1 aromatic carbocycles. The summed E-state index contributed by atoms with van der Waals surface area (Å²) in [7, 11) is 1.67. The third kappa shape index (κ3) is 3.39. The molecule has 0 spiro atoms. The third-order valence-electron chi connectivity index (χ3n) is 3.75. The molecule has 0 aromatic heterocycles. The van der Waals surface area contributed by atoms with Crippen LogP contribution in [0.2, 0.25) is 0 Å². The van der Waals surface area contributed by atoms with Crippen LogP contribution < -0.4 is 10.1 Å². The Kier molecular flexibility index (Phi) is 4.48. The number of anilines is 1. The van der Waals surface area contributed by atoms with Crippen molar-refractivity contribution in [2.24, 2.45) is 0 Å². The highest BCUT2D eigenvalue weighted by Crippen LogP contribution is 2.29. The van der Waals surface area contributed by atoms with Crippen LogP contribution >= 0.6 is 0 Å². The minimum atomic E-state index is -0.558. The maximum Gasteiger partial charge on any atom is 0.141 e. The molecule has 0 atom stereocenters. The summed E-state index contributed by atoms with van der Waals surface area (Å²) in [5, 5.41) is 13.9. The quantitative estimate of drug-likeness (QED) is 0.805. The lowest BCUT2D eigenvalue weighted by Crippen LogP contribution is -2.36. The molecule has 3 nitrogen and oxygen atoms in total. The first-order chi connectivity index (χ1) is 8.73. The Morgan fingerprint density at radius 2 is 1.83 bits per heavy atom. The van der Waals surface area contributed by atoms with Gasteiger partial charge in [0.1, 0.15) is 5.75 Å². The average molecular weight is 249 g/mol. The molecule has 0 saturated heterocycles. The number of para-hydroxylation sites is 2. The molecule has 0 unspecified atom stereocenters. The van der Waals surface area contributed by atoms with Crippen LogP contribution in [-0.2, 0) is 0 Å². The van der Waals surface area contributed by atoms with Crippen molar-refractivity contribution in [3.8, 4) is 5.75 Å². The first-order valence-electron chi connectivity index (χ1n) is 6.83. The molecule has 2 rings (SSSR count). The summed E-state index contributed by atoms with van der Waals surface area (Å²) >= 11 is 0. The number of methoxy groups -OCH3 is 1. The van der Waals surface area contributed by atoms with E-state index in [2.05, 4.69) is 5.32 Å². The third-order valence-corrected chi connectivity index (χ3v) is 3.75. The molecule has 0 bridgehead atoms. The molecule has 1 aliphatic rings. The van der Waals surface area contributed by atoms with Crippen LogP contribution in [0.15, 0.2) is 24.3 Å². The van der Waals surface area contributed by atoms with Crippen molar-refractivity contribution in [1.29, 1.82) is 0 Å². The van der Waals surface area contributed by atoms with Gasteiger partial charge in [-0.05, 0) is 25.0 Å². The van der Waals surface area contributed by atoms with E-state index in [1.807, 2.05) is 24.3 Å². The zero-order valence-corrected chi connectivity index (χ0v) is 11.1. The highest BCUT2D eigenvalue weighted by molar-refractivity contribution is 5.56. The smallest absolute Gasteiger partial charge is 0.141 e. The van der Waals surface area contributed by atoms with Gasteiger partial charge in [-0.25, -0.2) is 0 Å². The van der Waals surface area contributed by atoms with E-state index in [9.17, 15) is 5.11 Å². The summed E-state index contributed by atoms with van der Waals surface area (Å²) in [6.45, 7) is 0.605. The molecular weight excluding hydrogens is 226 g/mol. The minimum absolute atomic E-state index is 0.558. The lowest BCUT2D eigenvalue weighted by atomic mass is 9.94. The van der Waals surface area contributed by atoms with E-state index < -0.39 is 5.60 Å². The predicted molar refractivity (Wildman–Crippen MR) is 74.1 cm³/mol. The summed E-state index contributed by atoms with van der Waals surface area (Å²) in [6.07, 6.45) is 6.55. The van der Waals surface area contributed by atoms with E-state index in [1.165, 1.54) is 12.8 Å². The summed E-state index contributed by atoms with van der Waals surface area (Å²) in [5.41, 5.74) is 0.398. The number of ether oxygens (including phenoxy) is 1. The van der Waals surface area contributed by atoms with Crippen LogP contribution in [-0.4, -0.2) is 24.4 Å². The lowest BCUT2D eigenvalue weighted by Gasteiger charge is -2.27. The van der Waals surface area contributed by atoms with Gasteiger partial charge in [0.15, 0.2) is 0 Å². The maximum absolute atomic E-state index is 10.6. The molecule has 100 valence electrons. The predicted octanol–water partition coefficient (Wildman–Crippen LogP) is 3.19. The molecule has 0 heterocycles. The summed E-state index contributed by atoms with van der Waals surface area (Å²) < 4.78 is 5.30. The fourth-order valence-electron chi connectivity index (χ4n) is 2.61. The van der Waals surface area contributed by atoms with E-state index in [0.29, 0.717) is 6.54 Å². The number of aliphatic hydroxyl groups is 1. The second kappa shape index (κ2) is 6.10. The monoisotopic (exact) mass is 249 g/mol. The van der Waals surface area contributed by atoms with E-state index >= 15 is 0 Å². The number of benzene rings is 1. The fourth-order valence-corrected chi connectivity index (χ4v) is 2.61. The SMILES string of the molecule is COc1ccccc1NCC1(O)CCCCCC1. The van der Waals surface area contributed by atoms with Gasteiger partial charge in [0.2, 0.25) is 0 Å². The molecule has 3 heteroatoms. The summed E-state index contributed by atoms with van der Waals surface area (Å²) in [6, 6.07) is 7.84. The van der Waals surface area contributed by atoms with Crippen molar-refractivity contribution >= 4 is 5.69 Å². The van der Waals surface area contributed by atoms with Gasteiger partial charge in [-0.15, -0.1) is 0 Å². The Hall–Kier alpha value is -1.22. The molecule has 18 heavy (non-hydrogen) atoms. The molecule has 1 aliphatic carbocycles. The molecule has 1 aromatic rings. The van der Waals surface area contributed by atoms with Crippen molar-refractivity contribution in [3.63, 3.8) is 0 Å². The van der Waals surface area contributed by atoms with Gasteiger partial charge in [0, 0.05) is 6.54 Å². The van der Waals surface area contributed by atoms with Gasteiger partial charge in [-0.2, -0.15) is 0 Å². The molecular formula is C15H23NO2. The largest absolute Gasteiger partial charge is 0.495 e. The van der Waals surface area contributed by atoms with Crippen LogP contribution in [0.5, 0.6) is 5.75 Å². The fraction of sp³-hybridized carbons (Fsp3) is 0.600.